The Balaban J connectivity index is 1.92. The van der Waals surface area contributed by atoms with Gasteiger partial charge in [-0.3, -0.25) is 9.59 Å². The van der Waals surface area contributed by atoms with Gasteiger partial charge in [-0.05, 0) is 43.5 Å². The number of methoxy groups -OCH3 is 1. The molecule has 0 spiro atoms. The fraction of sp³-hybridized carbons (Fsp3) is 0.429. The molecule has 2 rings (SSSR count). The van der Waals surface area contributed by atoms with E-state index in [1.165, 1.54) is 0 Å². The topological polar surface area (TPSA) is 55.4 Å². The number of amides is 1. The van der Waals surface area contributed by atoms with Crippen LogP contribution < -0.4 is 5.32 Å². The maximum atomic E-state index is 11.9. The zero-order chi connectivity index (χ0) is 13.0. The highest BCUT2D eigenvalue weighted by Crippen LogP contribution is 2.38. The highest BCUT2D eigenvalue weighted by molar-refractivity contribution is 5.91. The molecule has 0 radical (unpaired) electrons. The van der Waals surface area contributed by atoms with Crippen LogP contribution in [-0.2, 0) is 9.53 Å². The number of aldehydes is 1. The zero-order valence-electron chi connectivity index (χ0n) is 10.4. The minimum atomic E-state index is -0.257. The number of rotatable bonds is 5. The van der Waals surface area contributed by atoms with E-state index in [0.29, 0.717) is 17.7 Å². The molecule has 1 aromatic carbocycles. The van der Waals surface area contributed by atoms with Crippen LogP contribution in [0.1, 0.15) is 36.0 Å². The number of hydrogen-bond acceptors (Lipinski definition) is 3. The highest BCUT2D eigenvalue weighted by atomic mass is 16.5. The monoisotopic (exact) mass is 247 g/mol. The van der Waals surface area contributed by atoms with Crippen molar-refractivity contribution in [2.45, 2.75) is 31.3 Å². The van der Waals surface area contributed by atoms with Gasteiger partial charge in [0.15, 0.2) is 0 Å². The first-order chi connectivity index (χ1) is 8.67. The van der Waals surface area contributed by atoms with Crippen molar-refractivity contribution in [3.8, 4) is 0 Å². The molecule has 0 atom stereocenters. The minimum Gasteiger partial charge on any atom is -0.378 e. The Hall–Kier alpha value is -1.68. The summed E-state index contributed by atoms with van der Waals surface area (Å²) in [6.07, 6.45) is 4.18. The predicted molar refractivity (Wildman–Crippen MR) is 68.7 cm³/mol. The lowest BCUT2D eigenvalue weighted by Gasteiger charge is -2.39. The molecule has 4 nitrogen and oxygen atoms in total. The Morgan fingerprint density at radius 2 is 2.06 bits per heavy atom. The molecule has 0 aromatic heterocycles. The summed E-state index contributed by atoms with van der Waals surface area (Å²) in [6.45, 7) is 0. The third-order valence-corrected chi connectivity index (χ3v) is 3.51. The van der Waals surface area contributed by atoms with Gasteiger partial charge in [-0.15, -0.1) is 0 Å². The molecule has 1 fully saturated rings. The molecule has 4 heteroatoms. The Kier molecular flexibility index (Phi) is 3.77. The van der Waals surface area contributed by atoms with Gasteiger partial charge in [-0.2, -0.15) is 0 Å². The number of benzene rings is 1. The van der Waals surface area contributed by atoms with Crippen molar-refractivity contribution in [1.82, 2.24) is 0 Å². The van der Waals surface area contributed by atoms with Crippen LogP contribution in [0.5, 0.6) is 0 Å². The van der Waals surface area contributed by atoms with Crippen LogP contribution >= 0.6 is 0 Å². The summed E-state index contributed by atoms with van der Waals surface area (Å²) in [5.74, 6) is -0.0459. The molecule has 18 heavy (non-hydrogen) atoms. The van der Waals surface area contributed by atoms with E-state index >= 15 is 0 Å². The molecule has 96 valence electrons. The van der Waals surface area contributed by atoms with Crippen molar-refractivity contribution in [1.29, 1.82) is 0 Å². The van der Waals surface area contributed by atoms with Crippen LogP contribution in [0.4, 0.5) is 5.69 Å². The van der Waals surface area contributed by atoms with Crippen LogP contribution in [0.2, 0.25) is 0 Å². The van der Waals surface area contributed by atoms with E-state index in [9.17, 15) is 9.59 Å². The molecule has 0 aliphatic heterocycles. The van der Waals surface area contributed by atoms with E-state index in [2.05, 4.69) is 5.32 Å². The fourth-order valence-electron chi connectivity index (χ4n) is 2.17. The van der Waals surface area contributed by atoms with E-state index in [-0.39, 0.29) is 11.5 Å². The third kappa shape index (κ3) is 2.76. The molecule has 0 saturated heterocycles. The Morgan fingerprint density at radius 1 is 1.39 bits per heavy atom. The van der Waals surface area contributed by atoms with Crippen molar-refractivity contribution < 1.29 is 14.3 Å². The summed E-state index contributed by atoms with van der Waals surface area (Å²) in [6, 6.07) is 6.81. The Bertz CT molecular complexity index is 429. The summed E-state index contributed by atoms with van der Waals surface area (Å²) in [5.41, 5.74) is 1.05. The number of carbonyl (C=O) groups excluding carboxylic acids is 2. The SMILES string of the molecule is COC1(CC(=O)Nc2ccc(C=O)cc2)CCC1. The number of anilines is 1. The van der Waals surface area contributed by atoms with Crippen LogP contribution in [0.15, 0.2) is 24.3 Å². The number of carbonyl (C=O) groups is 2. The van der Waals surface area contributed by atoms with Crippen molar-refractivity contribution in [3.05, 3.63) is 29.8 Å². The molecular weight excluding hydrogens is 230 g/mol. The first kappa shape index (κ1) is 12.8. The zero-order valence-corrected chi connectivity index (χ0v) is 10.4. The van der Waals surface area contributed by atoms with Gasteiger partial charge in [-0.25, -0.2) is 0 Å². The van der Waals surface area contributed by atoms with Gasteiger partial charge in [0, 0.05) is 18.4 Å². The summed E-state index contributed by atoms with van der Waals surface area (Å²) in [4.78, 5) is 22.4. The lowest BCUT2D eigenvalue weighted by molar-refractivity contribution is -0.129. The maximum Gasteiger partial charge on any atom is 0.227 e. The van der Waals surface area contributed by atoms with E-state index in [4.69, 9.17) is 4.74 Å². The van der Waals surface area contributed by atoms with Crippen LogP contribution in [0.25, 0.3) is 0 Å². The van der Waals surface area contributed by atoms with Crippen molar-refractivity contribution in [2.75, 3.05) is 12.4 Å². The molecule has 1 aliphatic rings. The second kappa shape index (κ2) is 5.31. The largest absolute Gasteiger partial charge is 0.378 e. The number of ether oxygens (including phenoxy) is 1. The van der Waals surface area contributed by atoms with Gasteiger partial charge >= 0.3 is 0 Å². The van der Waals surface area contributed by atoms with Crippen LogP contribution in [-0.4, -0.2) is 24.9 Å². The average Bonchev–Trinajstić information content (AvgIpc) is 2.35. The average molecular weight is 247 g/mol. The van der Waals surface area contributed by atoms with Gasteiger partial charge < -0.3 is 10.1 Å². The normalized spacial score (nSPS) is 16.7. The van der Waals surface area contributed by atoms with Crippen molar-refractivity contribution in [3.63, 3.8) is 0 Å². The van der Waals surface area contributed by atoms with Crippen LogP contribution in [0, 0.1) is 0 Å². The molecule has 0 unspecified atom stereocenters. The van der Waals surface area contributed by atoms with E-state index < -0.39 is 0 Å². The van der Waals surface area contributed by atoms with Gasteiger partial charge in [0.05, 0.1) is 12.0 Å². The summed E-state index contributed by atoms with van der Waals surface area (Å²) in [7, 11) is 1.66. The summed E-state index contributed by atoms with van der Waals surface area (Å²) in [5, 5.41) is 2.82. The smallest absolute Gasteiger partial charge is 0.227 e. The lowest BCUT2D eigenvalue weighted by atomic mass is 9.77. The second-order valence-corrected chi connectivity index (χ2v) is 4.71. The van der Waals surface area contributed by atoms with Gasteiger partial charge in [-0.1, -0.05) is 0 Å². The lowest BCUT2D eigenvalue weighted by Crippen LogP contribution is -2.42. The molecule has 0 heterocycles. The summed E-state index contributed by atoms with van der Waals surface area (Å²) < 4.78 is 5.41. The fourth-order valence-corrected chi connectivity index (χ4v) is 2.17. The van der Waals surface area contributed by atoms with Crippen LogP contribution in [0.3, 0.4) is 0 Å². The first-order valence-electron chi connectivity index (χ1n) is 6.08. The minimum absolute atomic E-state index is 0.0459. The summed E-state index contributed by atoms with van der Waals surface area (Å²) >= 11 is 0. The molecule has 1 N–H and O–H groups in total. The van der Waals surface area contributed by atoms with Gasteiger partial charge in [0.1, 0.15) is 6.29 Å². The Morgan fingerprint density at radius 3 is 2.50 bits per heavy atom. The molecule has 1 saturated carbocycles. The van der Waals surface area contributed by atoms with Gasteiger partial charge in [0.2, 0.25) is 5.91 Å². The van der Waals surface area contributed by atoms with E-state index in [0.717, 1.165) is 25.5 Å². The molecule has 1 aliphatic carbocycles. The van der Waals surface area contributed by atoms with Gasteiger partial charge in [0.25, 0.3) is 0 Å². The van der Waals surface area contributed by atoms with E-state index in [1.54, 1.807) is 31.4 Å². The number of hydrogen-bond donors (Lipinski definition) is 1. The molecule has 1 aromatic rings. The molecule has 1 amide bonds. The molecular formula is C14H17NO3. The third-order valence-electron chi connectivity index (χ3n) is 3.51. The number of nitrogens with one attached hydrogen (secondary N) is 1. The highest BCUT2D eigenvalue weighted by Gasteiger charge is 2.38. The first-order valence-corrected chi connectivity index (χ1v) is 6.08. The Labute approximate surface area is 106 Å². The predicted octanol–water partition coefficient (Wildman–Crippen LogP) is 2.40. The van der Waals surface area contributed by atoms with Crippen molar-refractivity contribution >= 4 is 17.9 Å². The second-order valence-electron chi connectivity index (χ2n) is 4.71. The standard InChI is InChI=1S/C14H17NO3/c1-18-14(7-2-8-14)9-13(17)15-12-5-3-11(10-16)4-6-12/h3-6,10H,2,7-9H2,1H3,(H,15,17). The van der Waals surface area contributed by atoms with Crippen molar-refractivity contribution in [2.24, 2.45) is 0 Å². The molecule has 0 bridgehead atoms. The quantitative estimate of drug-likeness (QED) is 0.813. The maximum absolute atomic E-state index is 11.9. The van der Waals surface area contributed by atoms with E-state index in [1.807, 2.05) is 0 Å².